The highest BCUT2D eigenvalue weighted by atomic mass is 127. The number of halogens is 1. The van der Waals surface area contributed by atoms with Gasteiger partial charge >= 0.3 is 0 Å². The molecule has 0 spiro atoms. The minimum atomic E-state index is 0. The molecule has 0 saturated heterocycles. The summed E-state index contributed by atoms with van der Waals surface area (Å²) in [5, 5.41) is 6.58. The number of aliphatic imine (C=N–C) groups is 1. The third kappa shape index (κ3) is 4.37. The largest absolute Gasteiger partial charge is 0.357 e. The van der Waals surface area contributed by atoms with Gasteiger partial charge in [0.25, 0.3) is 0 Å². The van der Waals surface area contributed by atoms with E-state index in [4.69, 9.17) is 0 Å². The number of hydrogen-bond acceptors (Lipinski definition) is 2. The van der Waals surface area contributed by atoms with E-state index >= 15 is 0 Å². The number of hydrogen-bond donors (Lipinski definition) is 2. The van der Waals surface area contributed by atoms with Crippen LogP contribution in [0.3, 0.4) is 0 Å². The highest BCUT2D eigenvalue weighted by molar-refractivity contribution is 14.0. The van der Waals surface area contributed by atoms with Gasteiger partial charge in [0.05, 0.1) is 0 Å². The van der Waals surface area contributed by atoms with Gasteiger partial charge in [-0.25, -0.2) is 4.99 Å². The van der Waals surface area contributed by atoms with Crippen LogP contribution in [0.5, 0.6) is 0 Å². The maximum absolute atomic E-state index is 12.4. The van der Waals surface area contributed by atoms with Crippen molar-refractivity contribution in [2.24, 2.45) is 10.9 Å². The Bertz CT molecular complexity index is 590. The molecule has 1 amide bonds. The van der Waals surface area contributed by atoms with Crippen LogP contribution in [0.4, 0.5) is 5.69 Å². The molecule has 5 nitrogen and oxygen atoms in total. The molecule has 2 aliphatic rings. The summed E-state index contributed by atoms with van der Waals surface area (Å²) in [5.74, 6) is 1.51. The zero-order chi connectivity index (χ0) is 15.5. The van der Waals surface area contributed by atoms with Crippen molar-refractivity contribution in [1.29, 1.82) is 0 Å². The molecule has 1 aliphatic carbocycles. The van der Waals surface area contributed by atoms with Gasteiger partial charge in [-0.3, -0.25) is 4.79 Å². The van der Waals surface area contributed by atoms with Gasteiger partial charge in [0.1, 0.15) is 6.54 Å². The Balaban J connectivity index is 0.00000192. The minimum absolute atomic E-state index is 0. The fourth-order valence-electron chi connectivity index (χ4n) is 2.85. The van der Waals surface area contributed by atoms with Gasteiger partial charge in [0, 0.05) is 24.8 Å². The lowest BCUT2D eigenvalue weighted by molar-refractivity contribution is -0.117. The molecule has 1 saturated carbocycles. The standard InChI is InChI=1S/C17H24N4O.HI/c1-3-18-17(20-14-10-12(14)2)19-11-16(22)21-9-8-13-6-4-5-7-15(13)21;/h4-7,12,14H,3,8-11H2,1-2H3,(H2,18,19,20);1H. The highest BCUT2D eigenvalue weighted by Crippen LogP contribution is 2.29. The van der Waals surface area contributed by atoms with Gasteiger partial charge in [-0.05, 0) is 37.3 Å². The topological polar surface area (TPSA) is 56.7 Å². The lowest BCUT2D eigenvalue weighted by atomic mass is 10.2. The lowest BCUT2D eigenvalue weighted by Crippen LogP contribution is -2.40. The molecular weight excluding hydrogens is 403 g/mol. The van der Waals surface area contributed by atoms with Crippen LogP contribution in [0.25, 0.3) is 0 Å². The monoisotopic (exact) mass is 428 g/mol. The number of guanidine groups is 1. The molecule has 1 aromatic rings. The number of nitrogens with one attached hydrogen (secondary N) is 2. The maximum atomic E-state index is 12.4. The van der Waals surface area contributed by atoms with Crippen LogP contribution >= 0.6 is 24.0 Å². The zero-order valence-corrected chi connectivity index (χ0v) is 16.0. The van der Waals surface area contributed by atoms with Crippen molar-refractivity contribution in [1.82, 2.24) is 10.6 Å². The second-order valence-electron chi connectivity index (χ2n) is 6.08. The molecule has 1 aliphatic heterocycles. The van der Waals surface area contributed by atoms with Gasteiger partial charge in [-0.2, -0.15) is 0 Å². The molecule has 1 heterocycles. The number of nitrogens with zero attached hydrogens (tertiary/aromatic N) is 2. The molecule has 126 valence electrons. The first-order valence-corrected chi connectivity index (χ1v) is 8.12. The van der Waals surface area contributed by atoms with Crippen molar-refractivity contribution in [3.63, 3.8) is 0 Å². The van der Waals surface area contributed by atoms with E-state index in [1.165, 1.54) is 12.0 Å². The molecule has 2 N–H and O–H groups in total. The fraction of sp³-hybridized carbons (Fsp3) is 0.529. The first-order chi connectivity index (χ1) is 10.7. The highest BCUT2D eigenvalue weighted by Gasteiger charge is 2.33. The van der Waals surface area contributed by atoms with E-state index in [1.807, 2.05) is 30.0 Å². The number of para-hydroxylation sites is 1. The normalized spacial score (nSPS) is 22.2. The zero-order valence-electron chi connectivity index (χ0n) is 13.7. The van der Waals surface area contributed by atoms with Crippen molar-refractivity contribution in [2.45, 2.75) is 32.7 Å². The maximum Gasteiger partial charge on any atom is 0.248 e. The van der Waals surface area contributed by atoms with E-state index in [9.17, 15) is 4.79 Å². The van der Waals surface area contributed by atoms with Gasteiger partial charge in [0.2, 0.25) is 5.91 Å². The first kappa shape index (κ1) is 18.0. The van der Waals surface area contributed by atoms with Crippen LogP contribution in [0.2, 0.25) is 0 Å². The van der Waals surface area contributed by atoms with Crippen LogP contribution < -0.4 is 15.5 Å². The lowest BCUT2D eigenvalue weighted by Gasteiger charge is -2.17. The van der Waals surface area contributed by atoms with Crippen molar-refractivity contribution < 1.29 is 4.79 Å². The van der Waals surface area contributed by atoms with E-state index in [-0.39, 0.29) is 36.4 Å². The number of carbonyl (C=O) groups is 1. The number of fused-ring (bicyclic) bond motifs is 1. The number of amides is 1. The molecule has 23 heavy (non-hydrogen) atoms. The summed E-state index contributed by atoms with van der Waals surface area (Å²) >= 11 is 0. The first-order valence-electron chi connectivity index (χ1n) is 8.12. The Labute approximate surface area is 154 Å². The van der Waals surface area contributed by atoms with Crippen LogP contribution in [-0.4, -0.2) is 37.5 Å². The van der Waals surface area contributed by atoms with Gasteiger partial charge in [-0.15, -0.1) is 24.0 Å². The van der Waals surface area contributed by atoms with Gasteiger partial charge in [0.15, 0.2) is 5.96 Å². The summed E-state index contributed by atoms with van der Waals surface area (Å²) in [6.07, 6.45) is 2.11. The second kappa shape index (κ2) is 7.99. The average Bonchev–Trinajstić information content (AvgIpc) is 3.04. The molecular formula is C17H25IN4O. The number of benzene rings is 1. The minimum Gasteiger partial charge on any atom is -0.357 e. The van der Waals surface area contributed by atoms with Crippen LogP contribution in [0.15, 0.2) is 29.3 Å². The van der Waals surface area contributed by atoms with Crippen molar-refractivity contribution in [2.75, 3.05) is 24.5 Å². The molecule has 1 aromatic carbocycles. The Hall–Kier alpha value is -1.31. The summed E-state index contributed by atoms with van der Waals surface area (Å²) in [5.41, 5.74) is 2.29. The molecule has 2 atom stereocenters. The molecule has 0 aromatic heterocycles. The smallest absolute Gasteiger partial charge is 0.248 e. The Morgan fingerprint density at radius 2 is 2.13 bits per heavy atom. The summed E-state index contributed by atoms with van der Waals surface area (Å²) in [6.45, 7) is 6.00. The molecule has 0 radical (unpaired) electrons. The van der Waals surface area contributed by atoms with Crippen molar-refractivity contribution in [3.8, 4) is 0 Å². The van der Waals surface area contributed by atoms with E-state index in [2.05, 4.69) is 28.6 Å². The van der Waals surface area contributed by atoms with Crippen LogP contribution in [0, 0.1) is 5.92 Å². The predicted octanol–water partition coefficient (Wildman–Crippen LogP) is 2.16. The molecule has 2 unspecified atom stereocenters. The van der Waals surface area contributed by atoms with Crippen LogP contribution in [0.1, 0.15) is 25.8 Å². The summed E-state index contributed by atoms with van der Waals surface area (Å²) in [6, 6.07) is 8.61. The van der Waals surface area contributed by atoms with E-state index in [1.54, 1.807) is 0 Å². The molecule has 6 heteroatoms. The Morgan fingerprint density at radius 3 is 2.83 bits per heavy atom. The van der Waals surface area contributed by atoms with Crippen LogP contribution in [-0.2, 0) is 11.2 Å². The number of anilines is 1. The summed E-state index contributed by atoms with van der Waals surface area (Å²) in [7, 11) is 0. The third-order valence-electron chi connectivity index (χ3n) is 4.34. The van der Waals surface area contributed by atoms with E-state index < -0.39 is 0 Å². The molecule has 3 rings (SSSR count). The predicted molar refractivity (Wildman–Crippen MR) is 105 cm³/mol. The number of carbonyl (C=O) groups excluding carboxylic acids is 1. The van der Waals surface area contributed by atoms with E-state index in [0.29, 0.717) is 12.0 Å². The van der Waals surface area contributed by atoms with Gasteiger partial charge in [-0.1, -0.05) is 25.1 Å². The molecule has 0 bridgehead atoms. The second-order valence-corrected chi connectivity index (χ2v) is 6.08. The third-order valence-corrected chi connectivity index (χ3v) is 4.34. The van der Waals surface area contributed by atoms with Crippen molar-refractivity contribution in [3.05, 3.63) is 29.8 Å². The van der Waals surface area contributed by atoms with E-state index in [0.717, 1.165) is 31.2 Å². The number of rotatable bonds is 4. The Kier molecular flexibility index (Phi) is 6.26. The Morgan fingerprint density at radius 1 is 1.39 bits per heavy atom. The fourth-order valence-corrected chi connectivity index (χ4v) is 2.85. The average molecular weight is 428 g/mol. The SMILES string of the molecule is CCNC(=NCC(=O)N1CCc2ccccc21)NC1CC1C.I. The van der Waals surface area contributed by atoms with Gasteiger partial charge < -0.3 is 15.5 Å². The molecule has 1 fully saturated rings. The summed E-state index contributed by atoms with van der Waals surface area (Å²) < 4.78 is 0. The summed E-state index contributed by atoms with van der Waals surface area (Å²) in [4.78, 5) is 18.7. The quantitative estimate of drug-likeness (QED) is 0.439. The van der Waals surface area contributed by atoms with Crippen molar-refractivity contribution >= 4 is 41.5 Å².